The number of hydrogen-bond acceptors (Lipinski definition) is 26. The summed E-state index contributed by atoms with van der Waals surface area (Å²) in [7, 11) is 8.22. The maximum absolute atomic E-state index is 13.0. The molecule has 5 aliphatic rings. The fraction of sp³-hybridized carbons (Fsp3) is 0.270. The first-order valence-electron chi connectivity index (χ1n) is 46.8. The molecule has 0 bridgehead atoms. The van der Waals surface area contributed by atoms with E-state index < -0.39 is 23.9 Å². The van der Waals surface area contributed by atoms with Gasteiger partial charge in [-0.25, -0.2) is 0 Å². The van der Waals surface area contributed by atoms with Gasteiger partial charge in [0.05, 0.1) is 123 Å². The number of hydrogen-bond donors (Lipinski definition) is 4. The number of aryl methyl sites for hydroxylation is 1. The summed E-state index contributed by atoms with van der Waals surface area (Å²) in [5, 5.41) is 60.1. The molecule has 8 aromatic carbocycles. The van der Waals surface area contributed by atoms with Crippen molar-refractivity contribution in [1.29, 1.82) is 21.0 Å². The van der Waals surface area contributed by atoms with Crippen molar-refractivity contribution in [3.05, 3.63) is 303 Å². The molecule has 4 saturated heterocycles. The Morgan fingerprint density at radius 1 is 0.393 bits per heavy atom. The second-order valence-corrected chi connectivity index (χ2v) is 35.3. The molecule has 744 valence electrons. The molecule has 1 aliphatic carbocycles. The van der Waals surface area contributed by atoms with E-state index in [0.717, 1.165) is 189 Å². The van der Waals surface area contributed by atoms with Crippen molar-refractivity contribution in [3.63, 3.8) is 0 Å². The summed E-state index contributed by atoms with van der Waals surface area (Å²) in [5.41, 5.74) is 13.9. The van der Waals surface area contributed by atoms with Crippen LogP contribution in [0.5, 0.6) is 51.7 Å². The molecule has 0 amide bonds. The van der Waals surface area contributed by atoms with Crippen LogP contribution in [0.3, 0.4) is 0 Å². The van der Waals surface area contributed by atoms with E-state index in [1.807, 2.05) is 66.5 Å². The number of nitrogens with one attached hydrogen (secondary N) is 4. The summed E-state index contributed by atoms with van der Waals surface area (Å²) >= 11 is 6.01. The molecular weight excluding hydrogens is 1880 g/mol. The highest BCUT2D eigenvalue weighted by Gasteiger charge is 2.35. The van der Waals surface area contributed by atoms with E-state index in [1.165, 1.54) is 69.3 Å². The summed E-state index contributed by atoms with van der Waals surface area (Å²) in [6, 6.07) is 46.0. The van der Waals surface area contributed by atoms with Gasteiger partial charge in [-0.3, -0.25) is 24.6 Å². The number of fused-ring (bicyclic) bond motifs is 5. The number of anilines is 8. The van der Waals surface area contributed by atoms with Gasteiger partial charge < -0.3 is 83.5 Å². The average Bonchev–Trinajstić information content (AvgIpc) is 1.77. The quantitative estimate of drug-likeness (QED) is 0.0240. The van der Waals surface area contributed by atoms with Gasteiger partial charge >= 0.3 is 12.5 Å². The number of aromatic nitrogens is 6. The molecule has 5 aromatic heterocycles. The third kappa shape index (κ3) is 24.5. The standard InChI is InChI=1S/C29H30N4O2.C28H28N6O2.C27H24ClF3N4O3.C27H25F3N4O2/c1-4-19(2)33-12-10-24(11-13-33)35-28-15-25-26(16-27(28)34-3)31-18-22(17-30)29(25)32-23-7-5-6-21(14-23)20-8-9-20;1-5-18(2)34-11-9-21(10-12-34)36-26-13-22-24(14-25(26)35-4)30-16-20(15-29)27(22)32-23-8-6-7-19-17-31-33(3)28(19)23;1-4-16(2)35-9-7-19(8-10-35)37-25-12-20-22(13-24(25)36-3)33-15-17(14-32)26(20)34-18-5-6-23(21(28)11-18)38-27(29,30)31;1-4-17(2)34-11-9-21(10-12-34)36-25-13-22-23(14-24(25)35-3)32-16-18(15-31)26(22)33-20-7-5-19(6-8-20)27(28,29)30/h4-7,14-16,18,20,24H,1-2,8-13H2,3H3,(H,31,32);5-8,13-14,16-17,21H,1-2,9-12H2,3-4H3,(H,30,32);4-6,11-13,15,19H,1-2,7-10H2,3H3,(H,33,34);4-8,13-14,16,21H,1-2,9-12H2,3H3,(H,32,33). The van der Waals surface area contributed by atoms with E-state index in [9.17, 15) is 47.4 Å². The van der Waals surface area contributed by atoms with Crippen LogP contribution in [0.25, 0.3) is 54.5 Å². The van der Waals surface area contributed by atoms with E-state index in [2.05, 4.69) is 166 Å². The highest BCUT2D eigenvalue weighted by Crippen LogP contribution is 2.48. The highest BCUT2D eigenvalue weighted by molar-refractivity contribution is 6.32. The highest BCUT2D eigenvalue weighted by atomic mass is 35.5. The predicted octanol–water partition coefficient (Wildman–Crippen LogP) is 24.9. The number of piperidine rings is 4. The third-order valence-electron chi connectivity index (χ3n) is 25.7. The molecule has 9 heterocycles. The normalized spacial score (nSPS) is 14.5. The fourth-order valence-corrected chi connectivity index (χ4v) is 17.9. The van der Waals surface area contributed by atoms with Gasteiger partial charge in [-0.1, -0.05) is 88.5 Å². The molecule has 5 fully saturated rings. The van der Waals surface area contributed by atoms with Gasteiger partial charge in [0.25, 0.3) is 0 Å². The van der Waals surface area contributed by atoms with E-state index in [1.54, 1.807) is 75.2 Å². The molecule has 145 heavy (non-hydrogen) atoms. The van der Waals surface area contributed by atoms with Gasteiger partial charge in [0, 0.05) is 227 Å². The zero-order valence-electron chi connectivity index (χ0n) is 80.8. The molecule has 0 atom stereocenters. The lowest BCUT2D eigenvalue weighted by atomic mass is 10.1. The number of methoxy groups -OCH3 is 4. The Hall–Kier alpha value is -16.8. The van der Waals surface area contributed by atoms with Crippen molar-refractivity contribution in [2.75, 3.05) is 102 Å². The maximum Gasteiger partial charge on any atom is 0.573 e. The summed E-state index contributed by atoms with van der Waals surface area (Å²) in [4.78, 5) is 26.5. The number of nitriles is 4. The van der Waals surface area contributed by atoms with Gasteiger partial charge in [0.1, 0.15) is 54.4 Å². The molecule has 27 nitrogen and oxygen atoms in total. The second-order valence-electron chi connectivity index (χ2n) is 34.9. The van der Waals surface area contributed by atoms with Gasteiger partial charge in [0.15, 0.2) is 46.0 Å². The van der Waals surface area contributed by atoms with Gasteiger partial charge in [-0.15, -0.1) is 13.2 Å². The van der Waals surface area contributed by atoms with E-state index >= 15 is 0 Å². The Bertz CT molecular complexity index is 7280. The summed E-state index contributed by atoms with van der Waals surface area (Å²) in [6.07, 6.45) is 14.6. The summed E-state index contributed by atoms with van der Waals surface area (Å²) in [5.74, 6) is 4.61. The first-order valence-corrected chi connectivity index (χ1v) is 47.2. The fourth-order valence-electron chi connectivity index (χ4n) is 17.7. The molecule has 13 aromatic rings. The zero-order chi connectivity index (χ0) is 103. The van der Waals surface area contributed by atoms with Crippen molar-refractivity contribution >= 4 is 112 Å². The monoisotopic (exact) mass is 1980 g/mol. The minimum Gasteiger partial charge on any atom is -0.493 e. The molecule has 34 heteroatoms. The van der Waals surface area contributed by atoms with Gasteiger partial charge in [-0.2, -0.15) is 39.3 Å². The van der Waals surface area contributed by atoms with Crippen molar-refractivity contribution < 1.29 is 69.0 Å². The number of allylic oxidation sites excluding steroid dienone is 4. The minimum atomic E-state index is -4.88. The Balaban J connectivity index is 0.000000145. The van der Waals surface area contributed by atoms with Crippen LogP contribution < -0.4 is 63.9 Å². The molecule has 0 spiro atoms. The first-order chi connectivity index (χ1) is 69.9. The predicted molar refractivity (Wildman–Crippen MR) is 552 cm³/mol. The minimum absolute atomic E-state index is 0.0388. The Morgan fingerprint density at radius 3 is 1.04 bits per heavy atom. The third-order valence-corrected chi connectivity index (χ3v) is 26.0. The molecule has 4 aliphatic heterocycles. The summed E-state index contributed by atoms with van der Waals surface area (Å²) in [6.45, 7) is 37.8. The number of likely N-dealkylation sites (tertiary alicyclic amines) is 4. The number of benzene rings is 8. The smallest absolute Gasteiger partial charge is 0.493 e. The number of pyridine rings is 4. The lowest BCUT2D eigenvalue weighted by Gasteiger charge is -2.34. The van der Waals surface area contributed by atoms with Crippen LogP contribution in [0.2, 0.25) is 5.02 Å². The Labute approximate surface area is 841 Å². The van der Waals surface area contributed by atoms with E-state index in [0.29, 0.717) is 119 Å². The average molecular weight is 1990 g/mol. The number of rotatable bonds is 30. The van der Waals surface area contributed by atoms with Crippen LogP contribution in [-0.2, 0) is 13.2 Å². The molecular formula is C111H107ClF6N18O9. The van der Waals surface area contributed by atoms with Crippen LogP contribution in [-0.4, -0.2) is 161 Å². The molecule has 1 saturated carbocycles. The van der Waals surface area contributed by atoms with Crippen LogP contribution in [0.15, 0.2) is 264 Å². The number of alkyl halides is 6. The summed E-state index contributed by atoms with van der Waals surface area (Å²) < 4.78 is 130. The number of nitrogens with zero attached hydrogens (tertiary/aromatic N) is 14. The van der Waals surface area contributed by atoms with Gasteiger partial charge in [-0.05, 0) is 134 Å². The topological polar surface area (TPSA) is 309 Å². The van der Waals surface area contributed by atoms with Crippen LogP contribution in [0.1, 0.15) is 104 Å². The SMILES string of the molecule is C=CC(=C)N1CCC(Oc2cc3c(Nc4ccc(C(F)(F)F)cc4)c(C#N)cnc3cc2OC)CC1.C=CC(=C)N1CCC(Oc2cc3c(Nc4ccc(OC(F)(F)F)c(Cl)c4)c(C#N)cnc3cc2OC)CC1.C=CC(=C)N1CCC(Oc2cc3c(Nc4cccc(C5CC5)c4)c(C#N)cnc3cc2OC)CC1.C=CC(=C)N1CCC(Oc2cc3c(Nc4cccc5cnn(C)c45)c(C#N)cnc3cc2OC)CC1. The van der Waals surface area contributed by atoms with Crippen LogP contribution in [0.4, 0.5) is 71.8 Å². The van der Waals surface area contributed by atoms with Crippen molar-refractivity contribution in [3.8, 4) is 76.0 Å². The van der Waals surface area contributed by atoms with Crippen molar-refractivity contribution in [2.45, 2.75) is 107 Å². The lowest BCUT2D eigenvalue weighted by Crippen LogP contribution is -2.37. The molecule has 4 N–H and O–H groups in total. The number of halogens is 7. The lowest BCUT2D eigenvalue weighted by molar-refractivity contribution is -0.274. The Morgan fingerprint density at radius 2 is 0.724 bits per heavy atom. The number of ether oxygens (including phenoxy) is 9. The molecule has 0 unspecified atom stereocenters. The first kappa shape index (κ1) is 103. The van der Waals surface area contributed by atoms with Crippen molar-refractivity contribution in [2.24, 2.45) is 7.05 Å². The number of para-hydroxylation sites is 1. The zero-order valence-corrected chi connectivity index (χ0v) is 81.5. The largest absolute Gasteiger partial charge is 0.573 e. The van der Waals surface area contributed by atoms with Crippen molar-refractivity contribution in [1.82, 2.24) is 49.3 Å². The molecule has 18 rings (SSSR count). The van der Waals surface area contributed by atoms with E-state index in [-0.39, 0.29) is 40.6 Å². The molecule has 0 radical (unpaired) electrons. The maximum atomic E-state index is 13.0. The Kier molecular flexibility index (Phi) is 32.5. The van der Waals surface area contributed by atoms with E-state index in [4.69, 9.17) is 49.5 Å². The second kappa shape index (κ2) is 45.9. The van der Waals surface area contributed by atoms with Crippen LogP contribution in [0, 0.1) is 45.3 Å². The van der Waals surface area contributed by atoms with Gasteiger partial charge in [0.2, 0.25) is 0 Å². The van der Waals surface area contributed by atoms with Crippen LogP contribution >= 0.6 is 11.6 Å².